The zero-order chi connectivity index (χ0) is 14.5. The highest BCUT2D eigenvalue weighted by molar-refractivity contribution is 6.16. The summed E-state index contributed by atoms with van der Waals surface area (Å²) in [7, 11) is 0. The lowest BCUT2D eigenvalue weighted by Crippen LogP contribution is -2.25. The van der Waals surface area contributed by atoms with Gasteiger partial charge in [0.05, 0.1) is 5.88 Å². The van der Waals surface area contributed by atoms with Crippen LogP contribution >= 0.6 is 11.6 Å². The van der Waals surface area contributed by atoms with Crippen LogP contribution in [0.1, 0.15) is 33.0 Å². The van der Waals surface area contributed by atoms with Gasteiger partial charge in [0, 0.05) is 6.54 Å². The summed E-state index contributed by atoms with van der Waals surface area (Å²) in [6, 6.07) is 9.71. The fourth-order valence-electron chi connectivity index (χ4n) is 2.04. The minimum Gasteiger partial charge on any atom is -0.455 e. The number of amides is 1. The maximum atomic E-state index is 11.9. The summed E-state index contributed by atoms with van der Waals surface area (Å²) in [6.45, 7) is 4.73. The first-order valence-electron chi connectivity index (χ1n) is 6.59. The number of benzene rings is 1. The number of halogens is 1. The third kappa shape index (κ3) is 3.64. The Morgan fingerprint density at radius 1 is 1.25 bits per heavy atom. The van der Waals surface area contributed by atoms with Crippen LogP contribution in [0.25, 0.3) is 0 Å². The highest BCUT2D eigenvalue weighted by Crippen LogP contribution is 2.12. The maximum absolute atomic E-state index is 11.9. The zero-order valence-electron chi connectivity index (χ0n) is 11.7. The fraction of sp³-hybridized carbons (Fsp3) is 0.312. The van der Waals surface area contributed by atoms with Crippen molar-refractivity contribution in [1.29, 1.82) is 0 Å². The predicted octanol–water partition coefficient (Wildman–Crippen LogP) is 3.61. The molecule has 4 heteroatoms. The highest BCUT2D eigenvalue weighted by atomic mass is 35.5. The molecule has 1 N–H and O–H groups in total. The second kappa shape index (κ2) is 6.62. The highest BCUT2D eigenvalue weighted by Gasteiger charge is 2.10. The minimum absolute atomic E-state index is 0.202. The standard InChI is InChI=1S/C16H18ClNO2/c1-11-3-4-12(2)13(9-11)7-8-18-16(19)15-6-5-14(10-17)20-15/h3-6,9H,7-8,10H2,1-2H3,(H,18,19). The topological polar surface area (TPSA) is 42.2 Å². The second-order valence-corrected chi connectivity index (χ2v) is 5.10. The number of hydrogen-bond donors (Lipinski definition) is 1. The van der Waals surface area contributed by atoms with Crippen LogP contribution in [0.4, 0.5) is 0 Å². The Hall–Kier alpha value is -1.74. The van der Waals surface area contributed by atoms with E-state index in [1.165, 1.54) is 16.7 Å². The molecule has 0 fully saturated rings. The van der Waals surface area contributed by atoms with Gasteiger partial charge in [-0.05, 0) is 43.5 Å². The lowest BCUT2D eigenvalue weighted by Gasteiger charge is -2.07. The molecule has 1 heterocycles. The second-order valence-electron chi connectivity index (χ2n) is 4.84. The molecule has 0 aliphatic rings. The number of carbonyl (C=O) groups is 1. The molecule has 2 aromatic rings. The number of furan rings is 1. The van der Waals surface area contributed by atoms with Crippen LogP contribution in [-0.4, -0.2) is 12.5 Å². The summed E-state index contributed by atoms with van der Waals surface area (Å²) in [5, 5.41) is 2.86. The third-order valence-corrected chi connectivity index (χ3v) is 3.47. The Morgan fingerprint density at radius 3 is 2.75 bits per heavy atom. The van der Waals surface area contributed by atoms with Crippen molar-refractivity contribution in [3.63, 3.8) is 0 Å². The van der Waals surface area contributed by atoms with Crippen molar-refractivity contribution < 1.29 is 9.21 Å². The van der Waals surface area contributed by atoms with Crippen LogP contribution in [0.5, 0.6) is 0 Å². The van der Waals surface area contributed by atoms with Gasteiger partial charge in [-0.2, -0.15) is 0 Å². The van der Waals surface area contributed by atoms with Gasteiger partial charge in [-0.15, -0.1) is 11.6 Å². The Labute approximate surface area is 123 Å². The van der Waals surface area contributed by atoms with E-state index in [2.05, 4.69) is 37.4 Å². The molecule has 1 aromatic heterocycles. The van der Waals surface area contributed by atoms with E-state index in [9.17, 15) is 4.79 Å². The van der Waals surface area contributed by atoms with Crippen LogP contribution in [0.3, 0.4) is 0 Å². The van der Waals surface area contributed by atoms with Gasteiger partial charge in [-0.1, -0.05) is 23.8 Å². The first-order valence-corrected chi connectivity index (χ1v) is 7.12. The third-order valence-electron chi connectivity index (χ3n) is 3.20. The zero-order valence-corrected chi connectivity index (χ0v) is 12.5. The van der Waals surface area contributed by atoms with Crippen molar-refractivity contribution in [3.05, 3.63) is 58.5 Å². The van der Waals surface area contributed by atoms with E-state index in [1.807, 2.05) is 0 Å². The summed E-state index contributed by atoms with van der Waals surface area (Å²) >= 11 is 5.64. The molecule has 3 nitrogen and oxygen atoms in total. The largest absolute Gasteiger partial charge is 0.455 e. The van der Waals surface area contributed by atoms with E-state index in [1.54, 1.807) is 12.1 Å². The molecule has 0 unspecified atom stereocenters. The molecule has 0 atom stereocenters. The monoisotopic (exact) mass is 291 g/mol. The number of aryl methyl sites for hydroxylation is 2. The van der Waals surface area contributed by atoms with Crippen LogP contribution < -0.4 is 5.32 Å². The van der Waals surface area contributed by atoms with Crippen molar-refractivity contribution in [1.82, 2.24) is 5.32 Å². The number of carbonyl (C=O) groups excluding carboxylic acids is 1. The van der Waals surface area contributed by atoms with Crippen molar-refractivity contribution in [2.24, 2.45) is 0 Å². The molecule has 0 saturated heterocycles. The van der Waals surface area contributed by atoms with Crippen LogP contribution in [0, 0.1) is 13.8 Å². The van der Waals surface area contributed by atoms with E-state index < -0.39 is 0 Å². The van der Waals surface area contributed by atoms with Crippen molar-refractivity contribution in [2.75, 3.05) is 6.54 Å². The number of rotatable bonds is 5. The van der Waals surface area contributed by atoms with Crippen molar-refractivity contribution in [3.8, 4) is 0 Å². The Kier molecular flexibility index (Phi) is 4.85. The number of nitrogens with one attached hydrogen (secondary N) is 1. The Bertz CT molecular complexity index is 604. The first-order chi connectivity index (χ1) is 9.60. The molecule has 0 aliphatic heterocycles. The Balaban J connectivity index is 1.89. The van der Waals surface area contributed by atoms with Crippen LogP contribution in [0.15, 0.2) is 34.7 Å². The van der Waals surface area contributed by atoms with Crippen LogP contribution in [-0.2, 0) is 12.3 Å². The van der Waals surface area contributed by atoms with E-state index in [4.69, 9.17) is 16.0 Å². The SMILES string of the molecule is Cc1ccc(C)c(CCNC(=O)c2ccc(CCl)o2)c1. The van der Waals surface area contributed by atoms with Gasteiger partial charge in [-0.25, -0.2) is 0 Å². The molecule has 20 heavy (non-hydrogen) atoms. The van der Waals surface area contributed by atoms with Crippen molar-refractivity contribution >= 4 is 17.5 Å². The molecule has 106 valence electrons. The number of hydrogen-bond acceptors (Lipinski definition) is 2. The minimum atomic E-state index is -0.202. The molecular weight excluding hydrogens is 274 g/mol. The van der Waals surface area contributed by atoms with Gasteiger partial charge >= 0.3 is 0 Å². The molecular formula is C16H18ClNO2. The maximum Gasteiger partial charge on any atom is 0.287 e. The van der Waals surface area contributed by atoms with E-state index >= 15 is 0 Å². The number of alkyl halides is 1. The van der Waals surface area contributed by atoms with Gasteiger partial charge in [0.15, 0.2) is 5.76 Å². The van der Waals surface area contributed by atoms with Gasteiger partial charge in [0.25, 0.3) is 5.91 Å². The summed E-state index contributed by atoms with van der Waals surface area (Å²) in [6.07, 6.45) is 0.808. The lowest BCUT2D eigenvalue weighted by atomic mass is 10.0. The van der Waals surface area contributed by atoms with Gasteiger partial charge in [-0.3, -0.25) is 4.79 Å². The quantitative estimate of drug-likeness (QED) is 0.855. The molecule has 0 spiro atoms. The van der Waals surface area contributed by atoms with E-state index in [-0.39, 0.29) is 11.8 Å². The molecule has 0 bridgehead atoms. The average Bonchev–Trinajstić information content (AvgIpc) is 2.91. The normalized spacial score (nSPS) is 10.6. The summed E-state index contributed by atoms with van der Waals surface area (Å²) < 4.78 is 5.30. The van der Waals surface area contributed by atoms with Gasteiger partial charge < -0.3 is 9.73 Å². The van der Waals surface area contributed by atoms with Gasteiger partial charge in [0.1, 0.15) is 5.76 Å². The van der Waals surface area contributed by atoms with E-state index in [0.717, 1.165) is 6.42 Å². The summed E-state index contributed by atoms with van der Waals surface area (Å²) in [5.74, 6) is 0.982. The molecule has 0 saturated carbocycles. The summed E-state index contributed by atoms with van der Waals surface area (Å²) in [4.78, 5) is 11.9. The molecule has 0 aliphatic carbocycles. The van der Waals surface area contributed by atoms with Crippen LogP contribution in [0.2, 0.25) is 0 Å². The van der Waals surface area contributed by atoms with Crippen molar-refractivity contribution in [2.45, 2.75) is 26.1 Å². The summed E-state index contributed by atoms with van der Waals surface area (Å²) in [5.41, 5.74) is 3.73. The van der Waals surface area contributed by atoms with E-state index in [0.29, 0.717) is 18.1 Å². The lowest BCUT2D eigenvalue weighted by molar-refractivity contribution is 0.0925. The van der Waals surface area contributed by atoms with Gasteiger partial charge in [0.2, 0.25) is 0 Å². The molecule has 0 radical (unpaired) electrons. The predicted molar refractivity (Wildman–Crippen MR) is 80.2 cm³/mol. The molecule has 2 rings (SSSR count). The molecule has 1 amide bonds. The first kappa shape index (κ1) is 14.7. The Morgan fingerprint density at radius 2 is 2.05 bits per heavy atom. The fourth-order valence-corrected chi connectivity index (χ4v) is 2.18. The smallest absolute Gasteiger partial charge is 0.287 e. The molecule has 1 aromatic carbocycles. The average molecular weight is 292 g/mol.